The van der Waals surface area contributed by atoms with E-state index < -0.39 is 18.7 Å². The number of methoxy groups -OCH3 is 1. The third-order valence-corrected chi connectivity index (χ3v) is 4.60. The number of alkyl halides is 3. The molecule has 0 saturated carbocycles. The smallest absolute Gasteiger partial charge is 0.406 e. The van der Waals surface area contributed by atoms with Gasteiger partial charge in [-0.05, 0) is 30.3 Å². The zero-order valence-corrected chi connectivity index (χ0v) is 17.6. The van der Waals surface area contributed by atoms with Crippen LogP contribution in [-0.4, -0.2) is 53.4 Å². The molecule has 11 heteroatoms. The number of imidazole rings is 1. The SMILES string of the molecule is CNC(=O)c1ccc(NCC#Cc2cc(C(=O)O)c3ncn(CC(F)(F)F)c3c2)c(OC)c1. The summed E-state index contributed by atoms with van der Waals surface area (Å²) < 4.78 is 44.6. The molecule has 33 heavy (non-hydrogen) atoms. The molecule has 1 aromatic heterocycles. The van der Waals surface area contributed by atoms with Crippen molar-refractivity contribution in [2.75, 3.05) is 26.0 Å². The van der Waals surface area contributed by atoms with Gasteiger partial charge in [0, 0.05) is 18.2 Å². The lowest BCUT2D eigenvalue weighted by molar-refractivity contribution is -0.139. The average Bonchev–Trinajstić information content (AvgIpc) is 3.16. The molecule has 0 aliphatic heterocycles. The first-order valence-electron chi connectivity index (χ1n) is 9.54. The van der Waals surface area contributed by atoms with Gasteiger partial charge in [0.1, 0.15) is 17.8 Å². The van der Waals surface area contributed by atoms with Crippen molar-refractivity contribution in [1.82, 2.24) is 14.9 Å². The molecule has 0 atom stereocenters. The van der Waals surface area contributed by atoms with E-state index in [4.69, 9.17) is 4.74 Å². The van der Waals surface area contributed by atoms with E-state index in [2.05, 4.69) is 27.5 Å². The summed E-state index contributed by atoms with van der Waals surface area (Å²) in [6.45, 7) is -1.18. The number of benzene rings is 2. The monoisotopic (exact) mass is 460 g/mol. The van der Waals surface area contributed by atoms with Crippen LogP contribution in [0.5, 0.6) is 5.75 Å². The second-order valence-electron chi connectivity index (χ2n) is 6.83. The van der Waals surface area contributed by atoms with Gasteiger partial charge in [0.15, 0.2) is 0 Å². The molecule has 0 spiro atoms. The minimum atomic E-state index is -4.49. The number of nitrogens with one attached hydrogen (secondary N) is 2. The molecule has 3 N–H and O–H groups in total. The number of carboxylic acids is 1. The second-order valence-corrected chi connectivity index (χ2v) is 6.83. The van der Waals surface area contributed by atoms with E-state index in [1.54, 1.807) is 18.2 Å². The van der Waals surface area contributed by atoms with Crippen LogP contribution >= 0.6 is 0 Å². The predicted octanol–water partition coefficient (Wildman–Crippen LogP) is 3.13. The van der Waals surface area contributed by atoms with Gasteiger partial charge in [-0.2, -0.15) is 13.2 Å². The number of amides is 1. The fraction of sp³-hybridized carbons (Fsp3) is 0.227. The fourth-order valence-corrected chi connectivity index (χ4v) is 3.13. The van der Waals surface area contributed by atoms with Crippen LogP contribution in [0.4, 0.5) is 18.9 Å². The van der Waals surface area contributed by atoms with Gasteiger partial charge < -0.3 is 25.0 Å². The molecule has 0 fully saturated rings. The summed E-state index contributed by atoms with van der Waals surface area (Å²) in [5.41, 5.74) is 0.956. The summed E-state index contributed by atoms with van der Waals surface area (Å²) in [5, 5.41) is 15.0. The molecule has 172 valence electrons. The van der Waals surface area contributed by atoms with Crippen molar-refractivity contribution in [1.29, 1.82) is 0 Å². The Hall–Kier alpha value is -4.20. The third-order valence-electron chi connectivity index (χ3n) is 4.60. The van der Waals surface area contributed by atoms with Crippen LogP contribution in [0.1, 0.15) is 26.3 Å². The van der Waals surface area contributed by atoms with E-state index in [0.29, 0.717) is 17.0 Å². The maximum atomic E-state index is 12.8. The molecule has 2 aromatic carbocycles. The normalized spacial score (nSPS) is 10.9. The van der Waals surface area contributed by atoms with Crippen LogP contribution in [0.3, 0.4) is 0 Å². The summed E-state index contributed by atoms with van der Waals surface area (Å²) >= 11 is 0. The summed E-state index contributed by atoms with van der Waals surface area (Å²) in [5.74, 6) is 4.39. The highest BCUT2D eigenvalue weighted by Gasteiger charge is 2.29. The molecule has 0 unspecified atom stereocenters. The van der Waals surface area contributed by atoms with E-state index in [9.17, 15) is 27.9 Å². The molecule has 0 aliphatic carbocycles. The fourth-order valence-electron chi connectivity index (χ4n) is 3.13. The minimum absolute atomic E-state index is 0.0240. The first-order chi connectivity index (χ1) is 15.6. The van der Waals surface area contributed by atoms with Gasteiger partial charge in [-0.25, -0.2) is 9.78 Å². The Balaban J connectivity index is 1.85. The number of rotatable bonds is 6. The molecule has 0 saturated heterocycles. The van der Waals surface area contributed by atoms with Gasteiger partial charge in [-0.15, -0.1) is 0 Å². The molecule has 0 aliphatic rings. The Morgan fingerprint density at radius 3 is 2.64 bits per heavy atom. The molecular formula is C22H19F3N4O4. The molecule has 1 heterocycles. The lowest BCUT2D eigenvalue weighted by Gasteiger charge is -2.10. The Kier molecular flexibility index (Phi) is 6.77. The highest BCUT2D eigenvalue weighted by molar-refractivity contribution is 6.01. The maximum absolute atomic E-state index is 12.8. The maximum Gasteiger partial charge on any atom is 0.406 e. The number of carbonyl (C=O) groups is 2. The van der Waals surface area contributed by atoms with Crippen molar-refractivity contribution in [2.45, 2.75) is 12.7 Å². The number of ether oxygens (including phenoxy) is 1. The summed E-state index contributed by atoms with van der Waals surface area (Å²) in [6.07, 6.45) is -3.53. The topological polar surface area (TPSA) is 105 Å². The largest absolute Gasteiger partial charge is 0.495 e. The molecule has 3 aromatic rings. The van der Waals surface area contributed by atoms with E-state index in [-0.39, 0.29) is 34.6 Å². The van der Waals surface area contributed by atoms with Crippen LogP contribution in [0.25, 0.3) is 11.0 Å². The average molecular weight is 460 g/mol. The third kappa shape index (κ3) is 5.54. The number of nitrogens with zero attached hydrogens (tertiary/aromatic N) is 2. The van der Waals surface area contributed by atoms with Crippen LogP contribution in [0.2, 0.25) is 0 Å². The number of anilines is 1. The number of aromatic carboxylic acids is 1. The summed E-state index contributed by atoms with van der Waals surface area (Å²) in [4.78, 5) is 27.1. The van der Waals surface area contributed by atoms with Crippen LogP contribution in [-0.2, 0) is 6.54 Å². The van der Waals surface area contributed by atoms with Gasteiger partial charge in [0.2, 0.25) is 0 Å². The highest BCUT2D eigenvalue weighted by atomic mass is 19.4. The van der Waals surface area contributed by atoms with Gasteiger partial charge in [0.25, 0.3) is 5.91 Å². The van der Waals surface area contributed by atoms with Crippen molar-refractivity contribution in [3.8, 4) is 17.6 Å². The first kappa shape index (κ1) is 23.5. The number of aromatic nitrogens is 2. The van der Waals surface area contributed by atoms with Crippen molar-refractivity contribution in [3.05, 3.63) is 53.3 Å². The Morgan fingerprint density at radius 2 is 2.00 bits per heavy atom. The molecule has 0 radical (unpaired) electrons. The van der Waals surface area contributed by atoms with Crippen molar-refractivity contribution >= 4 is 28.6 Å². The number of hydrogen-bond acceptors (Lipinski definition) is 5. The van der Waals surface area contributed by atoms with E-state index in [1.807, 2.05) is 0 Å². The number of carboxylic acid groups (broad SMARTS) is 1. The number of fused-ring (bicyclic) bond motifs is 1. The summed E-state index contributed by atoms with van der Waals surface area (Å²) in [7, 11) is 2.96. The minimum Gasteiger partial charge on any atom is -0.495 e. The highest BCUT2D eigenvalue weighted by Crippen LogP contribution is 2.26. The quantitative estimate of drug-likeness (QED) is 0.488. The molecular weight excluding hydrogens is 441 g/mol. The standard InChI is InChI=1S/C22H19F3N4O4/c1-26-20(30)14-5-6-16(18(10-14)33-2)27-7-3-4-13-8-15(21(31)32)19-17(9-13)29(12-28-19)11-22(23,24)25/h5-6,8-10,12,27H,7,11H2,1-2H3,(H,26,30)(H,31,32). The Bertz CT molecular complexity index is 1270. The van der Waals surface area contributed by atoms with Gasteiger partial charge in [-0.1, -0.05) is 11.8 Å². The van der Waals surface area contributed by atoms with E-state index >= 15 is 0 Å². The number of hydrogen-bond donors (Lipinski definition) is 3. The van der Waals surface area contributed by atoms with E-state index in [1.165, 1.54) is 26.3 Å². The lowest BCUT2D eigenvalue weighted by atomic mass is 10.1. The van der Waals surface area contributed by atoms with Crippen LogP contribution in [0, 0.1) is 11.8 Å². The predicted molar refractivity (Wildman–Crippen MR) is 114 cm³/mol. The van der Waals surface area contributed by atoms with Crippen LogP contribution < -0.4 is 15.4 Å². The number of carbonyl (C=O) groups excluding carboxylic acids is 1. The Labute approximate surface area is 186 Å². The first-order valence-corrected chi connectivity index (χ1v) is 9.54. The van der Waals surface area contributed by atoms with Crippen molar-refractivity contribution < 1.29 is 32.6 Å². The van der Waals surface area contributed by atoms with Crippen molar-refractivity contribution in [2.24, 2.45) is 0 Å². The molecule has 1 amide bonds. The Morgan fingerprint density at radius 1 is 1.24 bits per heavy atom. The lowest BCUT2D eigenvalue weighted by Crippen LogP contribution is -2.17. The van der Waals surface area contributed by atoms with E-state index in [0.717, 1.165) is 10.9 Å². The van der Waals surface area contributed by atoms with Crippen molar-refractivity contribution in [3.63, 3.8) is 0 Å². The zero-order chi connectivity index (χ0) is 24.2. The van der Waals surface area contributed by atoms with Gasteiger partial charge >= 0.3 is 12.1 Å². The molecule has 3 rings (SSSR count). The summed E-state index contributed by atoms with van der Waals surface area (Å²) in [6, 6.07) is 7.44. The molecule has 8 nitrogen and oxygen atoms in total. The second kappa shape index (κ2) is 9.52. The van der Waals surface area contributed by atoms with Gasteiger partial charge in [0.05, 0.1) is 36.7 Å². The molecule has 0 bridgehead atoms. The number of halogens is 3. The zero-order valence-electron chi connectivity index (χ0n) is 17.6. The van der Waals surface area contributed by atoms with Crippen LogP contribution in [0.15, 0.2) is 36.7 Å². The van der Waals surface area contributed by atoms with Gasteiger partial charge in [-0.3, -0.25) is 4.79 Å².